The van der Waals surface area contributed by atoms with E-state index >= 15 is 0 Å². The highest BCUT2D eigenvalue weighted by atomic mass is 79.9. The Morgan fingerprint density at radius 2 is 2.05 bits per heavy atom. The number of aromatic nitrogens is 2. The second-order valence-electron chi connectivity index (χ2n) is 5.88. The lowest BCUT2D eigenvalue weighted by Crippen LogP contribution is -2.46. The summed E-state index contributed by atoms with van der Waals surface area (Å²) in [6.45, 7) is 6.67. The van der Waals surface area contributed by atoms with Crippen molar-refractivity contribution in [2.45, 2.75) is 25.1 Å². The third kappa shape index (κ3) is 2.34. The zero-order valence-corrected chi connectivity index (χ0v) is 12.9. The van der Waals surface area contributed by atoms with Crippen LogP contribution in [-0.4, -0.2) is 27.9 Å². The van der Waals surface area contributed by atoms with Crippen molar-refractivity contribution < 1.29 is 0 Å². The summed E-state index contributed by atoms with van der Waals surface area (Å²) in [5.41, 5.74) is 1.27. The van der Waals surface area contributed by atoms with Crippen molar-refractivity contribution in [1.29, 1.82) is 0 Å². The highest BCUT2D eigenvalue weighted by Crippen LogP contribution is 2.37. The molecule has 1 aromatic carbocycles. The van der Waals surface area contributed by atoms with Gasteiger partial charge in [-0.05, 0) is 24.0 Å². The van der Waals surface area contributed by atoms with E-state index in [1.54, 1.807) is 6.33 Å². The molecular weight excluding hydrogens is 302 g/mol. The number of rotatable bonds is 1. The molecule has 1 aliphatic rings. The number of benzene rings is 1. The summed E-state index contributed by atoms with van der Waals surface area (Å²) in [5.74, 6) is 1.07. The topological polar surface area (TPSA) is 29.0 Å². The molecule has 1 atom stereocenters. The minimum absolute atomic E-state index is 0.254. The first-order valence-electron chi connectivity index (χ1n) is 6.67. The Morgan fingerprint density at radius 1 is 1.26 bits per heavy atom. The van der Waals surface area contributed by atoms with Crippen LogP contribution in [0.5, 0.6) is 0 Å². The van der Waals surface area contributed by atoms with Gasteiger partial charge in [-0.1, -0.05) is 41.9 Å². The molecule has 0 bridgehead atoms. The van der Waals surface area contributed by atoms with Gasteiger partial charge in [0.25, 0.3) is 0 Å². The Balaban J connectivity index is 2.01. The SMILES string of the molecule is CC1(C)CN(c2ncnc3ccccc23)CCC1Br. The van der Waals surface area contributed by atoms with Gasteiger partial charge in [-0.2, -0.15) is 0 Å². The van der Waals surface area contributed by atoms with E-state index in [-0.39, 0.29) is 5.41 Å². The van der Waals surface area contributed by atoms with Crippen LogP contribution in [0.2, 0.25) is 0 Å². The summed E-state index contributed by atoms with van der Waals surface area (Å²) in [7, 11) is 0. The highest BCUT2D eigenvalue weighted by molar-refractivity contribution is 9.09. The summed E-state index contributed by atoms with van der Waals surface area (Å²) in [4.78, 5) is 11.8. The third-order valence-corrected chi connectivity index (χ3v) is 5.62. The van der Waals surface area contributed by atoms with E-state index in [1.807, 2.05) is 12.1 Å². The fourth-order valence-electron chi connectivity index (χ4n) is 2.75. The zero-order valence-electron chi connectivity index (χ0n) is 11.3. The average Bonchev–Trinajstić information content (AvgIpc) is 2.41. The first-order chi connectivity index (χ1) is 9.08. The van der Waals surface area contributed by atoms with Crippen LogP contribution in [0.25, 0.3) is 10.9 Å². The van der Waals surface area contributed by atoms with Crippen molar-refractivity contribution in [3.63, 3.8) is 0 Å². The summed E-state index contributed by atoms with van der Waals surface area (Å²) in [6, 6.07) is 8.23. The van der Waals surface area contributed by atoms with Crippen molar-refractivity contribution in [3.05, 3.63) is 30.6 Å². The fraction of sp³-hybridized carbons (Fsp3) is 0.467. The van der Waals surface area contributed by atoms with Crippen LogP contribution < -0.4 is 4.90 Å². The molecule has 0 saturated carbocycles. The molecule has 1 aromatic heterocycles. The molecule has 3 nitrogen and oxygen atoms in total. The monoisotopic (exact) mass is 319 g/mol. The Bertz CT molecular complexity index is 591. The van der Waals surface area contributed by atoms with Crippen molar-refractivity contribution in [2.24, 2.45) is 5.41 Å². The maximum Gasteiger partial charge on any atom is 0.139 e. The Kier molecular flexibility index (Phi) is 3.21. The molecule has 0 amide bonds. The molecule has 0 spiro atoms. The van der Waals surface area contributed by atoms with E-state index in [0.29, 0.717) is 4.83 Å². The molecular formula is C15H18BrN3. The number of hydrogen-bond acceptors (Lipinski definition) is 3. The van der Waals surface area contributed by atoms with Gasteiger partial charge in [-0.3, -0.25) is 0 Å². The molecule has 0 N–H and O–H groups in total. The zero-order chi connectivity index (χ0) is 13.5. The predicted octanol–water partition coefficient (Wildman–Crippen LogP) is 3.63. The smallest absolute Gasteiger partial charge is 0.139 e. The van der Waals surface area contributed by atoms with Gasteiger partial charge in [-0.15, -0.1) is 0 Å². The first-order valence-corrected chi connectivity index (χ1v) is 7.58. The fourth-order valence-corrected chi connectivity index (χ4v) is 3.10. The largest absolute Gasteiger partial charge is 0.355 e. The predicted molar refractivity (Wildman–Crippen MR) is 82.9 cm³/mol. The van der Waals surface area contributed by atoms with Crippen molar-refractivity contribution in [3.8, 4) is 0 Å². The summed E-state index contributed by atoms with van der Waals surface area (Å²) >= 11 is 3.80. The molecule has 2 heterocycles. The van der Waals surface area contributed by atoms with Crippen LogP contribution in [0.1, 0.15) is 20.3 Å². The second kappa shape index (κ2) is 4.75. The van der Waals surface area contributed by atoms with E-state index < -0.39 is 0 Å². The van der Waals surface area contributed by atoms with E-state index in [2.05, 4.69) is 56.8 Å². The van der Waals surface area contributed by atoms with Gasteiger partial charge >= 0.3 is 0 Å². The van der Waals surface area contributed by atoms with E-state index in [4.69, 9.17) is 0 Å². The lowest BCUT2D eigenvalue weighted by atomic mass is 9.84. The minimum atomic E-state index is 0.254. The maximum absolute atomic E-state index is 4.52. The van der Waals surface area contributed by atoms with Gasteiger partial charge in [0.05, 0.1) is 5.52 Å². The molecule has 3 rings (SSSR count). The molecule has 1 saturated heterocycles. The van der Waals surface area contributed by atoms with Crippen LogP contribution in [0.3, 0.4) is 0 Å². The van der Waals surface area contributed by atoms with Gasteiger partial charge in [0.1, 0.15) is 12.1 Å². The highest BCUT2D eigenvalue weighted by Gasteiger charge is 2.35. The molecule has 4 heteroatoms. The van der Waals surface area contributed by atoms with Crippen molar-refractivity contribution >= 4 is 32.7 Å². The number of fused-ring (bicyclic) bond motifs is 1. The molecule has 0 radical (unpaired) electrons. The number of halogens is 1. The van der Waals surface area contributed by atoms with Crippen LogP contribution in [0.4, 0.5) is 5.82 Å². The summed E-state index contributed by atoms with van der Waals surface area (Å²) in [6.07, 6.45) is 2.82. The van der Waals surface area contributed by atoms with E-state index in [0.717, 1.165) is 36.2 Å². The lowest BCUT2D eigenvalue weighted by molar-refractivity contribution is 0.309. The third-order valence-electron chi connectivity index (χ3n) is 3.92. The molecule has 19 heavy (non-hydrogen) atoms. The number of alkyl halides is 1. The number of para-hydroxylation sites is 1. The normalized spacial score (nSPS) is 22.7. The number of anilines is 1. The van der Waals surface area contributed by atoms with Crippen LogP contribution in [-0.2, 0) is 0 Å². The summed E-state index contributed by atoms with van der Waals surface area (Å²) in [5, 5.41) is 1.15. The van der Waals surface area contributed by atoms with E-state index in [1.165, 1.54) is 0 Å². The molecule has 0 aliphatic carbocycles. The summed E-state index contributed by atoms with van der Waals surface area (Å²) < 4.78 is 0. The van der Waals surface area contributed by atoms with Crippen LogP contribution in [0, 0.1) is 5.41 Å². The second-order valence-corrected chi connectivity index (χ2v) is 6.99. The molecule has 1 aliphatic heterocycles. The van der Waals surface area contributed by atoms with E-state index in [9.17, 15) is 0 Å². The van der Waals surface area contributed by atoms with Crippen LogP contribution >= 0.6 is 15.9 Å². The molecule has 100 valence electrons. The van der Waals surface area contributed by atoms with Crippen molar-refractivity contribution in [2.75, 3.05) is 18.0 Å². The van der Waals surface area contributed by atoms with Gasteiger partial charge in [-0.25, -0.2) is 9.97 Å². The molecule has 1 unspecified atom stereocenters. The first kappa shape index (κ1) is 12.9. The number of piperidine rings is 1. The number of hydrogen-bond donors (Lipinski definition) is 0. The Labute approximate surface area is 122 Å². The lowest BCUT2D eigenvalue weighted by Gasteiger charge is -2.42. The minimum Gasteiger partial charge on any atom is -0.355 e. The Hall–Kier alpha value is -1.16. The van der Waals surface area contributed by atoms with Gasteiger partial charge in [0.15, 0.2) is 0 Å². The van der Waals surface area contributed by atoms with Crippen LogP contribution in [0.15, 0.2) is 30.6 Å². The van der Waals surface area contributed by atoms with Gasteiger partial charge in [0.2, 0.25) is 0 Å². The average molecular weight is 320 g/mol. The van der Waals surface area contributed by atoms with Gasteiger partial charge in [0, 0.05) is 23.3 Å². The quantitative estimate of drug-likeness (QED) is 0.751. The van der Waals surface area contributed by atoms with Gasteiger partial charge < -0.3 is 4.90 Å². The Morgan fingerprint density at radius 3 is 2.84 bits per heavy atom. The molecule has 2 aromatic rings. The number of nitrogens with zero attached hydrogens (tertiary/aromatic N) is 3. The molecule has 1 fully saturated rings. The standard InChI is InChI=1S/C15H18BrN3/c1-15(2)9-19(8-7-13(15)16)14-11-5-3-4-6-12(11)17-10-18-14/h3-6,10,13H,7-9H2,1-2H3. The maximum atomic E-state index is 4.52. The van der Waals surface area contributed by atoms with Crippen molar-refractivity contribution in [1.82, 2.24) is 9.97 Å².